The summed E-state index contributed by atoms with van der Waals surface area (Å²) in [7, 11) is 3.51. The smallest absolute Gasteiger partial charge is 0.327 e. The van der Waals surface area contributed by atoms with Crippen LogP contribution in [0.3, 0.4) is 0 Å². The van der Waals surface area contributed by atoms with Crippen molar-refractivity contribution in [2.75, 3.05) is 33.9 Å². The molecule has 2 atom stereocenters. The number of rotatable bonds is 7. The molecule has 2 fully saturated rings. The molecular weight excluding hydrogens is 256 g/mol. The van der Waals surface area contributed by atoms with Gasteiger partial charge in [0.25, 0.3) is 0 Å². The summed E-state index contributed by atoms with van der Waals surface area (Å²) < 4.78 is 10.7. The van der Waals surface area contributed by atoms with Gasteiger partial charge in [-0.1, -0.05) is 0 Å². The first-order valence-electron chi connectivity index (χ1n) is 7.70. The fourth-order valence-electron chi connectivity index (χ4n) is 2.98. The summed E-state index contributed by atoms with van der Waals surface area (Å²) in [5, 5.41) is 3.43. The first-order valence-corrected chi connectivity index (χ1v) is 7.70. The average Bonchev–Trinajstić information content (AvgIpc) is 3.22. The van der Waals surface area contributed by atoms with Crippen LogP contribution < -0.4 is 5.32 Å². The lowest BCUT2D eigenvalue weighted by atomic mass is 10.0. The van der Waals surface area contributed by atoms with E-state index in [-0.39, 0.29) is 5.97 Å². The number of nitrogens with one attached hydrogen (secondary N) is 1. The number of carbonyl (C=O) groups is 1. The van der Waals surface area contributed by atoms with E-state index in [0.717, 1.165) is 32.4 Å². The Labute approximate surface area is 122 Å². The summed E-state index contributed by atoms with van der Waals surface area (Å²) in [4.78, 5) is 14.3. The number of hydrogen-bond acceptors (Lipinski definition) is 5. The molecule has 1 saturated carbocycles. The van der Waals surface area contributed by atoms with Gasteiger partial charge >= 0.3 is 5.97 Å². The molecule has 5 nitrogen and oxygen atoms in total. The molecule has 1 saturated heterocycles. The summed E-state index contributed by atoms with van der Waals surface area (Å²) in [5.74, 6) is -0.180. The van der Waals surface area contributed by atoms with Crippen LogP contribution in [0.15, 0.2) is 0 Å². The lowest BCUT2D eigenvalue weighted by Crippen LogP contribution is -2.58. The van der Waals surface area contributed by atoms with Crippen LogP contribution in [0.5, 0.6) is 0 Å². The molecule has 116 valence electrons. The molecule has 0 aromatic carbocycles. The molecular formula is C15H28N2O3. The Morgan fingerprint density at radius 1 is 1.40 bits per heavy atom. The lowest BCUT2D eigenvalue weighted by Gasteiger charge is -2.34. The van der Waals surface area contributed by atoms with Gasteiger partial charge in [-0.25, -0.2) is 0 Å². The maximum absolute atomic E-state index is 12.1. The zero-order valence-corrected chi connectivity index (χ0v) is 13.0. The van der Waals surface area contributed by atoms with Crippen molar-refractivity contribution < 1.29 is 14.3 Å². The topological polar surface area (TPSA) is 50.8 Å². The van der Waals surface area contributed by atoms with E-state index in [1.54, 1.807) is 0 Å². The second-order valence-corrected chi connectivity index (χ2v) is 6.43. The van der Waals surface area contributed by atoms with Gasteiger partial charge in [-0.3, -0.25) is 10.1 Å². The molecule has 0 aromatic heterocycles. The minimum Gasteiger partial charge on any atom is -0.468 e. The van der Waals surface area contributed by atoms with Crippen LogP contribution >= 0.6 is 0 Å². The van der Waals surface area contributed by atoms with Crippen LogP contribution in [0, 0.1) is 0 Å². The van der Waals surface area contributed by atoms with Crippen molar-refractivity contribution in [3.05, 3.63) is 0 Å². The highest BCUT2D eigenvalue weighted by Crippen LogP contribution is 2.24. The van der Waals surface area contributed by atoms with E-state index < -0.39 is 5.54 Å². The summed E-state index contributed by atoms with van der Waals surface area (Å²) >= 11 is 0. The van der Waals surface area contributed by atoms with E-state index in [2.05, 4.69) is 10.2 Å². The van der Waals surface area contributed by atoms with E-state index in [1.807, 2.05) is 14.0 Å². The molecule has 5 heteroatoms. The van der Waals surface area contributed by atoms with E-state index >= 15 is 0 Å². The molecule has 2 rings (SSSR count). The molecule has 0 radical (unpaired) electrons. The van der Waals surface area contributed by atoms with Gasteiger partial charge < -0.3 is 14.4 Å². The molecule has 1 aliphatic heterocycles. The number of methoxy groups -OCH3 is 1. The third kappa shape index (κ3) is 4.43. The summed E-state index contributed by atoms with van der Waals surface area (Å²) in [6, 6.07) is 0.471. The molecule has 0 amide bonds. The Morgan fingerprint density at radius 3 is 2.70 bits per heavy atom. The number of nitrogens with zero attached hydrogens (tertiary/aromatic N) is 1. The van der Waals surface area contributed by atoms with Gasteiger partial charge in [0.15, 0.2) is 0 Å². The molecule has 0 aromatic rings. The fraction of sp³-hybridized carbons (Fsp3) is 0.933. The highest BCUT2D eigenvalue weighted by atomic mass is 16.5. The van der Waals surface area contributed by atoms with Gasteiger partial charge in [-0.2, -0.15) is 0 Å². The predicted octanol–water partition coefficient (Wildman–Crippen LogP) is 1.17. The van der Waals surface area contributed by atoms with Gasteiger partial charge in [0, 0.05) is 25.7 Å². The maximum Gasteiger partial charge on any atom is 0.327 e. The third-order valence-electron chi connectivity index (χ3n) is 4.11. The van der Waals surface area contributed by atoms with E-state index in [1.165, 1.54) is 20.0 Å². The first kappa shape index (κ1) is 15.7. The second kappa shape index (κ2) is 6.87. The maximum atomic E-state index is 12.1. The van der Waals surface area contributed by atoms with Gasteiger partial charge in [-0.15, -0.1) is 0 Å². The van der Waals surface area contributed by atoms with Crippen molar-refractivity contribution in [2.24, 2.45) is 0 Å². The number of esters is 1. The van der Waals surface area contributed by atoms with E-state index in [9.17, 15) is 4.79 Å². The summed E-state index contributed by atoms with van der Waals surface area (Å²) in [5.41, 5.74) is -0.626. The Morgan fingerprint density at radius 2 is 2.15 bits per heavy atom. The van der Waals surface area contributed by atoms with Gasteiger partial charge in [0.05, 0.1) is 13.2 Å². The fourth-order valence-corrected chi connectivity index (χ4v) is 2.98. The molecule has 0 spiro atoms. The van der Waals surface area contributed by atoms with Gasteiger partial charge in [0.2, 0.25) is 0 Å². The molecule has 2 aliphatic rings. The van der Waals surface area contributed by atoms with Gasteiger partial charge in [-0.05, 0) is 46.1 Å². The van der Waals surface area contributed by atoms with Crippen molar-refractivity contribution in [1.82, 2.24) is 10.2 Å². The first-order chi connectivity index (χ1) is 9.53. The van der Waals surface area contributed by atoms with Crippen LogP contribution in [0.4, 0.5) is 0 Å². The second-order valence-electron chi connectivity index (χ2n) is 6.43. The highest BCUT2D eigenvalue weighted by molar-refractivity contribution is 5.80. The molecule has 1 aliphatic carbocycles. The standard InChI is InChI=1S/C15H28N2O3/c1-15(14(18)19-3,16-12-7-8-12)11-17(2)10-13-6-4-5-9-20-13/h12-13,16H,4-11H2,1-3H3. The molecule has 20 heavy (non-hydrogen) atoms. The largest absolute Gasteiger partial charge is 0.468 e. The average molecular weight is 284 g/mol. The van der Waals surface area contributed by atoms with Crippen molar-refractivity contribution >= 4 is 5.97 Å². The Bertz CT molecular complexity index is 327. The highest BCUT2D eigenvalue weighted by Gasteiger charge is 2.40. The lowest BCUT2D eigenvalue weighted by molar-refractivity contribution is -0.149. The van der Waals surface area contributed by atoms with Gasteiger partial charge in [0.1, 0.15) is 5.54 Å². The van der Waals surface area contributed by atoms with Crippen LogP contribution in [-0.4, -0.2) is 62.4 Å². The van der Waals surface area contributed by atoms with Crippen LogP contribution in [0.2, 0.25) is 0 Å². The van der Waals surface area contributed by atoms with Crippen LogP contribution in [0.1, 0.15) is 39.0 Å². The Balaban J connectivity index is 1.86. The number of hydrogen-bond donors (Lipinski definition) is 1. The zero-order valence-electron chi connectivity index (χ0n) is 13.0. The van der Waals surface area contributed by atoms with Crippen molar-refractivity contribution in [3.63, 3.8) is 0 Å². The zero-order chi connectivity index (χ0) is 14.6. The quantitative estimate of drug-likeness (QED) is 0.711. The minimum atomic E-state index is -0.626. The van der Waals surface area contributed by atoms with E-state index in [4.69, 9.17) is 9.47 Å². The molecule has 0 bridgehead atoms. The van der Waals surface area contributed by atoms with Crippen LogP contribution in [-0.2, 0) is 14.3 Å². The van der Waals surface area contributed by atoms with Crippen LogP contribution in [0.25, 0.3) is 0 Å². The summed E-state index contributed by atoms with van der Waals surface area (Å²) in [6.07, 6.45) is 6.15. The number of carbonyl (C=O) groups excluding carboxylic acids is 1. The molecule has 1 N–H and O–H groups in total. The monoisotopic (exact) mass is 284 g/mol. The van der Waals surface area contributed by atoms with E-state index in [0.29, 0.717) is 18.7 Å². The third-order valence-corrected chi connectivity index (χ3v) is 4.11. The summed E-state index contributed by atoms with van der Waals surface area (Å²) in [6.45, 7) is 4.33. The molecule has 1 heterocycles. The van der Waals surface area contributed by atoms with Crippen molar-refractivity contribution in [1.29, 1.82) is 0 Å². The molecule has 2 unspecified atom stereocenters. The normalized spacial score (nSPS) is 26.3. The van der Waals surface area contributed by atoms with Crippen molar-refractivity contribution in [3.8, 4) is 0 Å². The van der Waals surface area contributed by atoms with Crippen molar-refractivity contribution in [2.45, 2.75) is 56.7 Å². The SMILES string of the molecule is COC(=O)C(C)(CN(C)CC1CCCCO1)NC1CC1. The predicted molar refractivity (Wildman–Crippen MR) is 77.7 cm³/mol. The number of ether oxygens (including phenoxy) is 2. The minimum absolute atomic E-state index is 0.180. The Hall–Kier alpha value is -0.650. The number of likely N-dealkylation sites (N-methyl/N-ethyl adjacent to an activating group) is 1. The Kier molecular flexibility index (Phi) is 5.41.